The molecule has 0 spiro atoms. The van der Waals surface area contributed by atoms with E-state index in [1.807, 2.05) is 6.20 Å². The number of nitrogens with zero attached hydrogens (tertiary/aromatic N) is 1. The average molecular weight is 335 g/mol. The van der Waals surface area contributed by atoms with E-state index in [0.29, 0.717) is 0 Å². The van der Waals surface area contributed by atoms with Gasteiger partial charge in [-0.2, -0.15) is 0 Å². The highest BCUT2D eigenvalue weighted by atomic mass is 79.9. The third-order valence-electron chi connectivity index (χ3n) is 2.84. The number of aryl methyl sites for hydroxylation is 1. The smallest absolute Gasteiger partial charge is 0.142 e. The van der Waals surface area contributed by atoms with Gasteiger partial charge >= 0.3 is 0 Å². The maximum absolute atomic E-state index is 5.79. The molecule has 3 nitrogen and oxygen atoms in total. The Kier molecular flexibility index (Phi) is 5.41. The second-order valence-corrected chi connectivity index (χ2v) is 5.63. The van der Waals surface area contributed by atoms with E-state index in [2.05, 4.69) is 64.3 Å². The Morgan fingerprint density at radius 1 is 1.25 bits per heavy atom. The van der Waals surface area contributed by atoms with Crippen molar-refractivity contribution in [2.75, 3.05) is 11.9 Å². The summed E-state index contributed by atoms with van der Waals surface area (Å²) in [5.74, 6) is 0.912. The lowest BCUT2D eigenvalue weighted by molar-refractivity contribution is 0.318. The van der Waals surface area contributed by atoms with Crippen LogP contribution in [0.1, 0.15) is 24.5 Å². The lowest BCUT2D eigenvalue weighted by Crippen LogP contribution is -2.04. The predicted molar refractivity (Wildman–Crippen MR) is 86.2 cm³/mol. The lowest BCUT2D eigenvalue weighted by Gasteiger charge is -2.13. The number of rotatable bonds is 6. The van der Waals surface area contributed by atoms with Gasteiger partial charge in [0.05, 0.1) is 12.3 Å². The largest absolute Gasteiger partial charge is 0.491 e. The van der Waals surface area contributed by atoms with Crippen LogP contribution in [0, 0.1) is 6.92 Å². The van der Waals surface area contributed by atoms with E-state index >= 15 is 0 Å². The number of anilines is 1. The van der Waals surface area contributed by atoms with E-state index in [1.54, 1.807) is 6.20 Å². The topological polar surface area (TPSA) is 34.1 Å². The Labute approximate surface area is 128 Å². The van der Waals surface area contributed by atoms with Gasteiger partial charge in [-0.3, -0.25) is 4.98 Å². The molecule has 0 aliphatic heterocycles. The average Bonchev–Trinajstić information content (AvgIpc) is 2.44. The summed E-state index contributed by atoms with van der Waals surface area (Å²) in [7, 11) is 0. The van der Waals surface area contributed by atoms with Crippen molar-refractivity contribution in [1.82, 2.24) is 4.98 Å². The molecule has 1 aromatic heterocycles. The first kappa shape index (κ1) is 14.9. The Bertz CT molecular complexity index is 572. The van der Waals surface area contributed by atoms with E-state index in [0.717, 1.165) is 41.0 Å². The summed E-state index contributed by atoms with van der Waals surface area (Å²) in [6.45, 7) is 5.63. The van der Waals surface area contributed by atoms with Gasteiger partial charge in [-0.1, -0.05) is 13.0 Å². The zero-order valence-electron chi connectivity index (χ0n) is 11.8. The van der Waals surface area contributed by atoms with E-state index in [4.69, 9.17) is 4.74 Å². The molecule has 0 aliphatic carbocycles. The monoisotopic (exact) mass is 334 g/mol. The highest BCUT2D eigenvalue weighted by molar-refractivity contribution is 9.10. The fraction of sp³-hybridized carbons (Fsp3) is 0.312. The maximum atomic E-state index is 5.79. The van der Waals surface area contributed by atoms with Crippen molar-refractivity contribution >= 4 is 21.6 Å². The van der Waals surface area contributed by atoms with Crippen LogP contribution in [0.25, 0.3) is 0 Å². The molecule has 1 heterocycles. The lowest BCUT2D eigenvalue weighted by atomic mass is 10.2. The van der Waals surface area contributed by atoms with Gasteiger partial charge in [0, 0.05) is 23.4 Å². The molecule has 0 unspecified atom stereocenters. The minimum Gasteiger partial charge on any atom is -0.491 e. The van der Waals surface area contributed by atoms with Gasteiger partial charge in [0.15, 0.2) is 0 Å². The van der Waals surface area contributed by atoms with Crippen LogP contribution in [-0.2, 0) is 6.54 Å². The van der Waals surface area contributed by atoms with Gasteiger partial charge in [0.1, 0.15) is 5.75 Å². The summed E-state index contributed by atoms with van der Waals surface area (Å²) in [5.41, 5.74) is 3.34. The van der Waals surface area contributed by atoms with Crippen molar-refractivity contribution in [1.29, 1.82) is 0 Å². The zero-order valence-corrected chi connectivity index (χ0v) is 13.4. The summed E-state index contributed by atoms with van der Waals surface area (Å²) >= 11 is 3.43. The van der Waals surface area contributed by atoms with Crippen molar-refractivity contribution in [3.8, 4) is 5.75 Å². The molecule has 0 fully saturated rings. The molecule has 0 aliphatic rings. The number of benzene rings is 1. The molecule has 0 saturated carbocycles. The molecule has 1 aromatic carbocycles. The Morgan fingerprint density at radius 3 is 2.85 bits per heavy atom. The molecule has 0 atom stereocenters. The van der Waals surface area contributed by atoms with Crippen LogP contribution in [0.3, 0.4) is 0 Å². The molecule has 20 heavy (non-hydrogen) atoms. The molecule has 0 radical (unpaired) electrons. The van der Waals surface area contributed by atoms with Crippen LogP contribution in [0.2, 0.25) is 0 Å². The van der Waals surface area contributed by atoms with Crippen LogP contribution in [-0.4, -0.2) is 11.6 Å². The second-order valence-electron chi connectivity index (χ2n) is 4.71. The Morgan fingerprint density at radius 2 is 2.10 bits per heavy atom. The minimum absolute atomic E-state index is 0.720. The van der Waals surface area contributed by atoms with Gasteiger partial charge in [-0.25, -0.2) is 0 Å². The molecule has 4 heteroatoms. The summed E-state index contributed by atoms with van der Waals surface area (Å²) < 4.78 is 6.78. The van der Waals surface area contributed by atoms with Crippen molar-refractivity contribution in [2.45, 2.75) is 26.8 Å². The first-order valence-electron chi connectivity index (χ1n) is 6.76. The predicted octanol–water partition coefficient (Wildman–Crippen LogP) is 4.55. The molecule has 1 N–H and O–H groups in total. The van der Waals surface area contributed by atoms with E-state index in [-0.39, 0.29) is 0 Å². The van der Waals surface area contributed by atoms with Crippen molar-refractivity contribution in [3.63, 3.8) is 0 Å². The number of ether oxygens (including phenoxy) is 1. The summed E-state index contributed by atoms with van der Waals surface area (Å²) in [6, 6.07) is 8.27. The molecular weight excluding hydrogens is 316 g/mol. The van der Waals surface area contributed by atoms with E-state index in [9.17, 15) is 0 Å². The van der Waals surface area contributed by atoms with Gasteiger partial charge in [-0.15, -0.1) is 0 Å². The summed E-state index contributed by atoms with van der Waals surface area (Å²) in [5, 5.41) is 3.41. The maximum Gasteiger partial charge on any atom is 0.142 e. The number of aromatic nitrogens is 1. The molecule has 2 rings (SSSR count). The fourth-order valence-electron chi connectivity index (χ4n) is 1.86. The Hall–Kier alpha value is -1.55. The highest BCUT2D eigenvalue weighted by Crippen LogP contribution is 2.26. The third kappa shape index (κ3) is 4.23. The second kappa shape index (κ2) is 7.29. The molecule has 2 aromatic rings. The fourth-order valence-corrected chi connectivity index (χ4v) is 2.27. The molecule has 106 valence electrons. The van der Waals surface area contributed by atoms with Gasteiger partial charge in [0.2, 0.25) is 0 Å². The molecule has 0 saturated heterocycles. The zero-order chi connectivity index (χ0) is 14.4. The number of pyridine rings is 1. The van der Waals surface area contributed by atoms with Crippen LogP contribution >= 0.6 is 15.9 Å². The standard InChI is InChI=1S/C16H19BrN2O/c1-3-6-20-16-7-12(2)4-5-15(16)19-10-13-8-14(17)11-18-9-13/h4-5,7-9,11,19H,3,6,10H2,1-2H3. The van der Waals surface area contributed by atoms with Crippen LogP contribution in [0.5, 0.6) is 5.75 Å². The summed E-state index contributed by atoms with van der Waals surface area (Å²) in [6.07, 6.45) is 4.65. The first-order valence-corrected chi connectivity index (χ1v) is 7.55. The normalized spacial score (nSPS) is 10.3. The molecule has 0 bridgehead atoms. The third-order valence-corrected chi connectivity index (χ3v) is 3.28. The number of hydrogen-bond acceptors (Lipinski definition) is 3. The van der Waals surface area contributed by atoms with Crippen molar-refractivity contribution in [2.24, 2.45) is 0 Å². The molecule has 0 amide bonds. The van der Waals surface area contributed by atoms with Crippen LogP contribution in [0.4, 0.5) is 5.69 Å². The number of nitrogens with one attached hydrogen (secondary N) is 1. The van der Waals surface area contributed by atoms with E-state index < -0.39 is 0 Å². The van der Waals surface area contributed by atoms with Gasteiger partial charge < -0.3 is 10.1 Å². The highest BCUT2D eigenvalue weighted by Gasteiger charge is 2.04. The Balaban J connectivity index is 2.08. The van der Waals surface area contributed by atoms with Crippen LogP contribution in [0.15, 0.2) is 41.1 Å². The first-order chi connectivity index (χ1) is 9.69. The summed E-state index contributed by atoms with van der Waals surface area (Å²) in [4.78, 5) is 4.16. The number of hydrogen-bond donors (Lipinski definition) is 1. The van der Waals surface area contributed by atoms with Crippen LogP contribution < -0.4 is 10.1 Å². The van der Waals surface area contributed by atoms with Gasteiger partial charge in [-0.05, 0) is 58.6 Å². The molecular formula is C16H19BrN2O. The number of halogens is 1. The van der Waals surface area contributed by atoms with Gasteiger partial charge in [0.25, 0.3) is 0 Å². The van der Waals surface area contributed by atoms with Crippen molar-refractivity contribution < 1.29 is 4.74 Å². The van der Waals surface area contributed by atoms with E-state index in [1.165, 1.54) is 5.56 Å². The van der Waals surface area contributed by atoms with Crippen molar-refractivity contribution in [3.05, 3.63) is 52.3 Å². The minimum atomic E-state index is 0.720. The SMILES string of the molecule is CCCOc1cc(C)ccc1NCc1cncc(Br)c1. The quantitative estimate of drug-likeness (QED) is 0.841.